The Balaban J connectivity index is 0.00000162. The van der Waals surface area contributed by atoms with Gasteiger partial charge in [-0.05, 0) is 42.7 Å². The standard InChI is InChI=1S/C13H20N2OS.ClH/c1-10-6-17-7-11(10)12(16)15-9-13(2)4-3-5-14-8-13;/h6-7,14H,3-5,8-9H2,1-2H3,(H,15,16);1H. The van der Waals surface area contributed by atoms with Crippen LogP contribution in [0.3, 0.4) is 0 Å². The topological polar surface area (TPSA) is 41.1 Å². The SMILES string of the molecule is Cc1cscc1C(=O)NCC1(C)CCCNC1.Cl. The van der Waals surface area contributed by atoms with Crippen LogP contribution in [0.25, 0.3) is 0 Å². The minimum atomic E-state index is 0. The summed E-state index contributed by atoms with van der Waals surface area (Å²) in [4.78, 5) is 12.0. The van der Waals surface area contributed by atoms with Crippen molar-refractivity contribution < 1.29 is 4.79 Å². The molecule has 0 bridgehead atoms. The van der Waals surface area contributed by atoms with Crippen molar-refractivity contribution in [2.75, 3.05) is 19.6 Å². The Labute approximate surface area is 119 Å². The zero-order valence-corrected chi connectivity index (χ0v) is 12.5. The van der Waals surface area contributed by atoms with Crippen molar-refractivity contribution in [3.63, 3.8) is 0 Å². The fraction of sp³-hybridized carbons (Fsp3) is 0.615. The first-order chi connectivity index (χ1) is 8.11. The molecule has 1 amide bonds. The van der Waals surface area contributed by atoms with Crippen LogP contribution in [0.15, 0.2) is 10.8 Å². The van der Waals surface area contributed by atoms with Crippen LogP contribution < -0.4 is 10.6 Å². The molecule has 1 aromatic heterocycles. The van der Waals surface area contributed by atoms with E-state index in [2.05, 4.69) is 17.6 Å². The molecule has 5 heteroatoms. The van der Waals surface area contributed by atoms with Gasteiger partial charge in [-0.1, -0.05) is 6.92 Å². The number of nitrogens with one attached hydrogen (secondary N) is 2. The molecule has 0 aromatic carbocycles. The zero-order chi connectivity index (χ0) is 12.3. The smallest absolute Gasteiger partial charge is 0.252 e. The van der Waals surface area contributed by atoms with Crippen LogP contribution >= 0.6 is 23.7 Å². The lowest BCUT2D eigenvalue weighted by molar-refractivity contribution is 0.0924. The van der Waals surface area contributed by atoms with E-state index in [9.17, 15) is 4.79 Å². The van der Waals surface area contributed by atoms with E-state index in [0.717, 1.165) is 30.8 Å². The summed E-state index contributed by atoms with van der Waals surface area (Å²) in [7, 11) is 0. The maximum Gasteiger partial charge on any atom is 0.252 e. The number of carbonyl (C=O) groups is 1. The molecule has 1 fully saturated rings. The molecule has 1 saturated heterocycles. The molecule has 0 spiro atoms. The number of amides is 1. The number of hydrogen-bond acceptors (Lipinski definition) is 3. The van der Waals surface area contributed by atoms with E-state index in [1.807, 2.05) is 17.7 Å². The Morgan fingerprint density at radius 1 is 1.56 bits per heavy atom. The molecule has 3 nitrogen and oxygen atoms in total. The summed E-state index contributed by atoms with van der Waals surface area (Å²) in [5.41, 5.74) is 2.10. The highest BCUT2D eigenvalue weighted by atomic mass is 35.5. The summed E-state index contributed by atoms with van der Waals surface area (Å²) >= 11 is 1.58. The van der Waals surface area contributed by atoms with Gasteiger partial charge in [0.1, 0.15) is 0 Å². The Morgan fingerprint density at radius 3 is 2.89 bits per heavy atom. The van der Waals surface area contributed by atoms with Crippen LogP contribution in [-0.2, 0) is 0 Å². The van der Waals surface area contributed by atoms with Gasteiger partial charge in [-0.25, -0.2) is 0 Å². The third kappa shape index (κ3) is 3.70. The Kier molecular flexibility index (Phi) is 5.63. The first kappa shape index (κ1) is 15.5. The fourth-order valence-corrected chi connectivity index (χ4v) is 3.08. The molecule has 0 aliphatic carbocycles. The molecule has 0 saturated carbocycles. The second-order valence-electron chi connectivity index (χ2n) is 5.24. The molecule has 1 aliphatic rings. The average Bonchev–Trinajstić information content (AvgIpc) is 2.74. The summed E-state index contributed by atoms with van der Waals surface area (Å²) in [6, 6.07) is 0. The summed E-state index contributed by atoms with van der Waals surface area (Å²) in [6.07, 6.45) is 2.38. The highest BCUT2D eigenvalue weighted by Crippen LogP contribution is 2.24. The minimum absolute atomic E-state index is 0. The number of rotatable bonds is 3. The molecule has 18 heavy (non-hydrogen) atoms. The summed E-state index contributed by atoms with van der Waals surface area (Å²) in [5, 5.41) is 10.4. The lowest BCUT2D eigenvalue weighted by Crippen LogP contribution is -2.45. The summed E-state index contributed by atoms with van der Waals surface area (Å²) in [5.74, 6) is 0.0653. The van der Waals surface area contributed by atoms with Gasteiger partial charge in [-0.15, -0.1) is 12.4 Å². The second kappa shape index (κ2) is 6.55. The van der Waals surface area contributed by atoms with Crippen LogP contribution in [0.4, 0.5) is 0 Å². The Hall–Kier alpha value is -0.580. The molecule has 102 valence electrons. The molecule has 1 aliphatic heterocycles. The quantitative estimate of drug-likeness (QED) is 0.898. The molecule has 0 radical (unpaired) electrons. The number of hydrogen-bond donors (Lipinski definition) is 2. The summed E-state index contributed by atoms with van der Waals surface area (Å²) < 4.78 is 0. The van der Waals surface area contributed by atoms with E-state index in [1.165, 1.54) is 12.8 Å². The predicted molar refractivity (Wildman–Crippen MR) is 78.8 cm³/mol. The van der Waals surface area contributed by atoms with E-state index in [0.29, 0.717) is 0 Å². The zero-order valence-electron chi connectivity index (χ0n) is 10.9. The van der Waals surface area contributed by atoms with E-state index in [1.54, 1.807) is 11.3 Å². The molecule has 1 atom stereocenters. The van der Waals surface area contributed by atoms with Crippen molar-refractivity contribution in [1.82, 2.24) is 10.6 Å². The maximum absolute atomic E-state index is 12.0. The molecular formula is C13H21ClN2OS. The van der Waals surface area contributed by atoms with Crippen LogP contribution in [-0.4, -0.2) is 25.5 Å². The molecule has 2 heterocycles. The molecular weight excluding hydrogens is 268 g/mol. The number of halogens is 1. The van der Waals surface area contributed by atoms with Crippen molar-refractivity contribution in [1.29, 1.82) is 0 Å². The van der Waals surface area contributed by atoms with E-state index in [-0.39, 0.29) is 23.7 Å². The van der Waals surface area contributed by atoms with Gasteiger partial charge in [0.2, 0.25) is 0 Å². The van der Waals surface area contributed by atoms with Crippen LogP contribution in [0.5, 0.6) is 0 Å². The predicted octanol–water partition coefficient (Wildman–Crippen LogP) is 2.60. The van der Waals surface area contributed by atoms with E-state index < -0.39 is 0 Å². The number of carbonyl (C=O) groups excluding carboxylic acids is 1. The van der Waals surface area contributed by atoms with Gasteiger partial charge in [-0.3, -0.25) is 4.79 Å². The number of thiophene rings is 1. The van der Waals surface area contributed by atoms with Crippen molar-refractivity contribution in [3.05, 3.63) is 21.9 Å². The lowest BCUT2D eigenvalue weighted by Gasteiger charge is -2.34. The van der Waals surface area contributed by atoms with Gasteiger partial charge in [0.05, 0.1) is 5.56 Å². The van der Waals surface area contributed by atoms with Gasteiger partial charge in [0.25, 0.3) is 5.91 Å². The lowest BCUT2D eigenvalue weighted by atomic mass is 9.83. The first-order valence-corrected chi connectivity index (χ1v) is 7.07. The highest BCUT2D eigenvalue weighted by molar-refractivity contribution is 7.08. The first-order valence-electron chi connectivity index (χ1n) is 6.12. The molecule has 1 unspecified atom stereocenters. The normalized spacial score (nSPS) is 23.2. The van der Waals surface area contributed by atoms with Crippen LogP contribution in [0.2, 0.25) is 0 Å². The van der Waals surface area contributed by atoms with Crippen molar-refractivity contribution in [3.8, 4) is 0 Å². The summed E-state index contributed by atoms with van der Waals surface area (Å²) in [6.45, 7) is 7.08. The molecule has 1 aromatic rings. The van der Waals surface area contributed by atoms with Gasteiger partial charge in [0, 0.05) is 18.5 Å². The van der Waals surface area contributed by atoms with Crippen LogP contribution in [0, 0.1) is 12.3 Å². The van der Waals surface area contributed by atoms with Crippen molar-refractivity contribution in [2.45, 2.75) is 26.7 Å². The van der Waals surface area contributed by atoms with E-state index >= 15 is 0 Å². The highest BCUT2D eigenvalue weighted by Gasteiger charge is 2.27. The van der Waals surface area contributed by atoms with Crippen molar-refractivity contribution >= 4 is 29.7 Å². The number of aryl methyl sites for hydroxylation is 1. The minimum Gasteiger partial charge on any atom is -0.351 e. The third-order valence-electron chi connectivity index (χ3n) is 3.46. The average molecular weight is 289 g/mol. The van der Waals surface area contributed by atoms with Crippen molar-refractivity contribution in [2.24, 2.45) is 5.41 Å². The molecule has 2 rings (SSSR count). The fourth-order valence-electron chi connectivity index (χ4n) is 2.25. The van der Waals surface area contributed by atoms with Gasteiger partial charge in [-0.2, -0.15) is 11.3 Å². The Bertz CT molecular complexity index is 399. The van der Waals surface area contributed by atoms with E-state index in [4.69, 9.17) is 0 Å². The largest absolute Gasteiger partial charge is 0.351 e. The number of piperidine rings is 1. The van der Waals surface area contributed by atoms with Crippen LogP contribution in [0.1, 0.15) is 35.7 Å². The monoisotopic (exact) mass is 288 g/mol. The molecule has 2 N–H and O–H groups in total. The van der Waals surface area contributed by atoms with Gasteiger partial charge < -0.3 is 10.6 Å². The third-order valence-corrected chi connectivity index (χ3v) is 4.32. The maximum atomic E-state index is 12.0. The van der Waals surface area contributed by atoms with Gasteiger partial charge in [0.15, 0.2) is 0 Å². The second-order valence-corrected chi connectivity index (χ2v) is 5.99. The van der Waals surface area contributed by atoms with Gasteiger partial charge >= 0.3 is 0 Å². The Morgan fingerprint density at radius 2 is 2.33 bits per heavy atom.